The van der Waals surface area contributed by atoms with Gasteiger partial charge >= 0.3 is 0 Å². The monoisotopic (exact) mass is 427 g/mol. The van der Waals surface area contributed by atoms with E-state index < -0.39 is 10.0 Å². The van der Waals surface area contributed by atoms with Crippen molar-refractivity contribution in [3.63, 3.8) is 0 Å². The van der Waals surface area contributed by atoms with Crippen molar-refractivity contribution in [3.05, 3.63) is 48.4 Å². The number of benzene rings is 1. The van der Waals surface area contributed by atoms with Gasteiger partial charge in [-0.25, -0.2) is 13.4 Å². The molecule has 1 aliphatic heterocycles. The van der Waals surface area contributed by atoms with Crippen LogP contribution in [-0.2, 0) is 28.3 Å². The Kier molecular flexibility index (Phi) is 5.06. The van der Waals surface area contributed by atoms with Gasteiger partial charge in [0, 0.05) is 38.2 Å². The summed E-state index contributed by atoms with van der Waals surface area (Å²) in [6.45, 7) is 0.494. The zero-order valence-electron chi connectivity index (χ0n) is 17.4. The number of imidazole rings is 1. The fourth-order valence-corrected chi connectivity index (χ4v) is 7.98. The Morgan fingerprint density at radius 3 is 2.67 bits per heavy atom. The van der Waals surface area contributed by atoms with Crippen molar-refractivity contribution < 1.29 is 13.2 Å². The third-order valence-electron chi connectivity index (χ3n) is 7.56. The molecule has 2 heterocycles. The number of carbonyl (C=O) groups excluding carboxylic acids is 1. The maximum atomic E-state index is 13.4. The highest BCUT2D eigenvalue weighted by Gasteiger charge is 2.54. The first-order valence-corrected chi connectivity index (χ1v) is 12.5. The molecule has 5 rings (SSSR count). The van der Waals surface area contributed by atoms with Crippen LogP contribution in [0.25, 0.3) is 0 Å². The van der Waals surface area contributed by atoms with Crippen molar-refractivity contribution >= 4 is 15.8 Å². The van der Waals surface area contributed by atoms with Crippen LogP contribution < -0.4 is 0 Å². The second kappa shape index (κ2) is 7.61. The second-order valence-electron chi connectivity index (χ2n) is 9.25. The molecule has 7 heteroatoms. The molecule has 6 nitrogen and oxygen atoms in total. The Bertz CT molecular complexity index is 1030. The van der Waals surface area contributed by atoms with Crippen LogP contribution in [0.4, 0.5) is 0 Å². The summed E-state index contributed by atoms with van der Waals surface area (Å²) >= 11 is 0. The van der Waals surface area contributed by atoms with Gasteiger partial charge in [0.2, 0.25) is 0 Å². The smallest absolute Gasteiger partial charge is 0.262 e. The van der Waals surface area contributed by atoms with Gasteiger partial charge in [-0.05, 0) is 49.0 Å². The number of aromatic nitrogens is 2. The Morgan fingerprint density at radius 2 is 1.93 bits per heavy atom. The molecule has 2 saturated carbocycles. The number of piperidine rings is 1. The lowest BCUT2D eigenvalue weighted by atomic mass is 9.56. The predicted molar refractivity (Wildman–Crippen MR) is 113 cm³/mol. The summed E-state index contributed by atoms with van der Waals surface area (Å²) < 4.78 is 30.2. The highest BCUT2D eigenvalue weighted by molar-refractivity contribution is 7.89. The van der Waals surface area contributed by atoms with Gasteiger partial charge in [-0.2, -0.15) is 4.31 Å². The number of Topliss-reactive ketones (excluding diaryl/α,β-unsaturated/α-hetero) is 1. The fourth-order valence-electron chi connectivity index (χ4n) is 6.31. The van der Waals surface area contributed by atoms with Gasteiger partial charge < -0.3 is 4.57 Å². The molecule has 30 heavy (non-hydrogen) atoms. The molecule has 0 amide bonds. The van der Waals surface area contributed by atoms with Crippen molar-refractivity contribution in [1.82, 2.24) is 13.9 Å². The number of aryl methyl sites for hydroxylation is 1. The van der Waals surface area contributed by atoms with Gasteiger partial charge in [0.15, 0.2) is 5.03 Å². The van der Waals surface area contributed by atoms with Gasteiger partial charge in [-0.15, -0.1) is 0 Å². The summed E-state index contributed by atoms with van der Waals surface area (Å²) in [5.74, 6) is 1.25. The molecular formula is C23H29N3O3S. The van der Waals surface area contributed by atoms with E-state index in [1.807, 2.05) is 18.2 Å². The highest BCUT2D eigenvalue weighted by atomic mass is 32.2. The number of carbonyl (C=O) groups is 1. The minimum Gasteiger partial charge on any atom is -0.339 e. The SMILES string of the molecule is Cn1cnc(S(=O)(=O)N2CC[C@@H]3CC(=O)[C@@H](Cc4ccccc4)[C@@H]4CCC[C@H]2[C@@H]34)c1. The lowest BCUT2D eigenvalue weighted by Crippen LogP contribution is -2.59. The van der Waals surface area contributed by atoms with Crippen LogP contribution >= 0.6 is 0 Å². The average molecular weight is 428 g/mol. The average Bonchev–Trinajstić information content (AvgIpc) is 3.19. The normalized spacial score (nSPS) is 32.0. The molecule has 0 spiro atoms. The van der Waals surface area contributed by atoms with Crippen molar-refractivity contribution in [1.29, 1.82) is 0 Å². The van der Waals surface area contributed by atoms with E-state index in [1.165, 1.54) is 5.56 Å². The van der Waals surface area contributed by atoms with E-state index in [-0.39, 0.29) is 28.8 Å². The molecule has 2 aliphatic carbocycles. The number of hydrogen-bond acceptors (Lipinski definition) is 4. The molecule has 160 valence electrons. The Hall–Kier alpha value is -1.99. The summed E-state index contributed by atoms with van der Waals surface area (Å²) in [6, 6.07) is 10.2. The van der Waals surface area contributed by atoms with E-state index in [0.717, 1.165) is 32.1 Å². The van der Waals surface area contributed by atoms with Crippen LogP contribution in [0.3, 0.4) is 0 Å². The standard InChI is InChI=1S/C23H29N3O3S/c1-25-14-22(24-15-25)30(28,29)26-11-10-17-13-21(27)19(12-16-6-3-2-4-7-16)18-8-5-9-20(26)23(17)18/h2-4,6-7,14-15,17-20,23H,5,8-13H2,1H3/t17-,18+,19+,20+,23+/m1/s1. The first-order valence-electron chi connectivity index (χ1n) is 11.0. The minimum absolute atomic E-state index is 0.00829. The number of hydrogen-bond donors (Lipinski definition) is 0. The van der Waals surface area contributed by atoms with Crippen molar-refractivity contribution in [3.8, 4) is 0 Å². The summed E-state index contributed by atoms with van der Waals surface area (Å²) in [5.41, 5.74) is 1.20. The maximum absolute atomic E-state index is 13.4. The molecule has 1 saturated heterocycles. The van der Waals surface area contributed by atoms with Gasteiger partial charge in [0.05, 0.1) is 6.33 Å². The van der Waals surface area contributed by atoms with E-state index in [9.17, 15) is 13.2 Å². The molecule has 2 aromatic rings. The van der Waals surface area contributed by atoms with Gasteiger partial charge in [0.1, 0.15) is 5.78 Å². The summed E-state index contributed by atoms with van der Waals surface area (Å²) in [5, 5.41) is 0.137. The Balaban J connectivity index is 1.45. The van der Waals surface area contributed by atoms with Crippen LogP contribution in [-0.4, -0.2) is 40.6 Å². The van der Waals surface area contributed by atoms with Crippen LogP contribution in [0.1, 0.15) is 37.7 Å². The van der Waals surface area contributed by atoms with E-state index in [1.54, 1.807) is 28.4 Å². The maximum Gasteiger partial charge on any atom is 0.262 e. The van der Waals surface area contributed by atoms with Crippen LogP contribution in [0.2, 0.25) is 0 Å². The van der Waals surface area contributed by atoms with Crippen molar-refractivity contribution in [2.24, 2.45) is 30.7 Å². The largest absolute Gasteiger partial charge is 0.339 e. The first-order chi connectivity index (χ1) is 14.4. The number of sulfonamides is 1. The molecular weight excluding hydrogens is 398 g/mol. The third-order valence-corrected chi connectivity index (χ3v) is 9.37. The number of nitrogens with zero attached hydrogens (tertiary/aromatic N) is 3. The zero-order valence-corrected chi connectivity index (χ0v) is 18.2. The number of rotatable bonds is 4. The molecule has 5 atom stereocenters. The van der Waals surface area contributed by atoms with E-state index in [0.29, 0.717) is 24.7 Å². The molecule has 0 unspecified atom stereocenters. The molecule has 0 radical (unpaired) electrons. The van der Waals surface area contributed by atoms with E-state index in [4.69, 9.17) is 0 Å². The number of ketones is 1. The van der Waals surface area contributed by atoms with Crippen molar-refractivity contribution in [2.75, 3.05) is 6.54 Å². The second-order valence-corrected chi connectivity index (χ2v) is 11.1. The molecule has 1 aromatic carbocycles. The lowest BCUT2D eigenvalue weighted by molar-refractivity contribution is -0.136. The van der Waals surface area contributed by atoms with Crippen LogP contribution in [0, 0.1) is 23.7 Å². The quantitative estimate of drug-likeness (QED) is 0.752. The lowest BCUT2D eigenvalue weighted by Gasteiger charge is -2.54. The van der Waals surface area contributed by atoms with Crippen LogP contribution in [0.5, 0.6) is 0 Å². The van der Waals surface area contributed by atoms with Crippen molar-refractivity contribution in [2.45, 2.75) is 49.6 Å². The minimum atomic E-state index is -3.62. The third kappa shape index (κ3) is 3.32. The summed E-state index contributed by atoms with van der Waals surface area (Å²) in [4.78, 5) is 17.2. The zero-order chi connectivity index (χ0) is 20.9. The molecule has 3 fully saturated rings. The Morgan fingerprint density at radius 1 is 1.13 bits per heavy atom. The van der Waals surface area contributed by atoms with Gasteiger partial charge in [0.25, 0.3) is 10.0 Å². The van der Waals surface area contributed by atoms with E-state index >= 15 is 0 Å². The first kappa shape index (κ1) is 19.9. The molecule has 1 aromatic heterocycles. The topological polar surface area (TPSA) is 72.3 Å². The van der Waals surface area contributed by atoms with Gasteiger partial charge in [-0.3, -0.25) is 4.79 Å². The molecule has 0 N–H and O–H groups in total. The Labute approximate surface area is 178 Å². The van der Waals surface area contributed by atoms with Crippen LogP contribution in [0.15, 0.2) is 47.9 Å². The highest BCUT2D eigenvalue weighted by Crippen LogP contribution is 2.51. The summed E-state index contributed by atoms with van der Waals surface area (Å²) in [6.07, 6.45) is 8.16. The summed E-state index contributed by atoms with van der Waals surface area (Å²) in [7, 11) is -1.83. The molecule has 3 aliphatic rings. The predicted octanol–water partition coefficient (Wildman–Crippen LogP) is 3.05. The molecule has 0 bridgehead atoms. The van der Waals surface area contributed by atoms with Gasteiger partial charge in [-0.1, -0.05) is 36.8 Å². The van der Waals surface area contributed by atoms with E-state index in [2.05, 4.69) is 17.1 Å². The fraction of sp³-hybridized carbons (Fsp3) is 0.565.